The molecule has 26 heavy (non-hydrogen) atoms. The highest BCUT2D eigenvalue weighted by atomic mass is 16.5. The van der Waals surface area contributed by atoms with Gasteiger partial charge in [0, 0.05) is 5.69 Å². The first-order valence-corrected chi connectivity index (χ1v) is 8.91. The maximum absolute atomic E-state index is 12.1. The van der Waals surface area contributed by atoms with Crippen LogP contribution in [0.25, 0.3) is 0 Å². The standard InChI is InChI=1S/C21H25NO4/c1-3-5-12-25-21(24)17-9-7-10-18(14-17)22-20(23)15-26-19-11-6-8-16(4-2)13-19/h6-11,13-14H,3-5,12,15H2,1-2H3,(H,22,23). The molecule has 0 saturated heterocycles. The highest BCUT2D eigenvalue weighted by Crippen LogP contribution is 2.15. The molecule has 5 heteroatoms. The van der Waals surface area contributed by atoms with Gasteiger partial charge in [-0.1, -0.05) is 38.5 Å². The highest BCUT2D eigenvalue weighted by molar-refractivity contribution is 5.95. The van der Waals surface area contributed by atoms with E-state index < -0.39 is 0 Å². The third-order valence-electron chi connectivity index (χ3n) is 3.79. The van der Waals surface area contributed by atoms with E-state index in [0.717, 1.165) is 24.8 Å². The molecule has 138 valence electrons. The second-order valence-corrected chi connectivity index (χ2v) is 5.91. The van der Waals surface area contributed by atoms with Crippen molar-refractivity contribution in [2.45, 2.75) is 33.1 Å². The molecule has 0 bridgehead atoms. The Bertz CT molecular complexity index is 742. The summed E-state index contributed by atoms with van der Waals surface area (Å²) in [5.74, 6) is -0.0154. The average Bonchev–Trinajstić information content (AvgIpc) is 2.67. The summed E-state index contributed by atoms with van der Waals surface area (Å²) in [5.41, 5.74) is 2.10. The Kier molecular flexibility index (Phi) is 7.68. The molecule has 2 aromatic carbocycles. The Morgan fingerprint density at radius 3 is 2.62 bits per heavy atom. The molecule has 0 heterocycles. The molecule has 0 aliphatic carbocycles. The van der Waals surface area contributed by atoms with Gasteiger partial charge < -0.3 is 14.8 Å². The molecule has 0 spiro atoms. The van der Waals surface area contributed by atoms with E-state index in [9.17, 15) is 9.59 Å². The minimum Gasteiger partial charge on any atom is -0.484 e. The van der Waals surface area contributed by atoms with Crippen LogP contribution in [-0.4, -0.2) is 25.1 Å². The Morgan fingerprint density at radius 2 is 1.85 bits per heavy atom. The molecule has 1 N–H and O–H groups in total. The Labute approximate surface area is 154 Å². The fourth-order valence-corrected chi connectivity index (χ4v) is 2.32. The van der Waals surface area contributed by atoms with Crippen LogP contribution in [0.15, 0.2) is 48.5 Å². The van der Waals surface area contributed by atoms with Gasteiger partial charge in [0.05, 0.1) is 12.2 Å². The van der Waals surface area contributed by atoms with Crippen molar-refractivity contribution in [3.05, 3.63) is 59.7 Å². The lowest BCUT2D eigenvalue weighted by Gasteiger charge is -2.09. The van der Waals surface area contributed by atoms with Gasteiger partial charge in [-0.2, -0.15) is 0 Å². The molecule has 0 unspecified atom stereocenters. The maximum atomic E-state index is 12.1. The van der Waals surface area contributed by atoms with Gasteiger partial charge in [-0.05, 0) is 48.7 Å². The van der Waals surface area contributed by atoms with Gasteiger partial charge in [-0.25, -0.2) is 4.79 Å². The number of rotatable bonds is 9. The molecular formula is C21H25NO4. The SMILES string of the molecule is CCCCOC(=O)c1cccc(NC(=O)COc2cccc(CC)c2)c1. The van der Waals surface area contributed by atoms with Crippen molar-refractivity contribution in [2.75, 3.05) is 18.5 Å². The van der Waals surface area contributed by atoms with Gasteiger partial charge >= 0.3 is 5.97 Å². The van der Waals surface area contributed by atoms with Crippen LogP contribution in [0.4, 0.5) is 5.69 Å². The second-order valence-electron chi connectivity index (χ2n) is 5.91. The Balaban J connectivity index is 1.88. The molecule has 0 fully saturated rings. The van der Waals surface area contributed by atoms with Gasteiger partial charge in [0.2, 0.25) is 0 Å². The average molecular weight is 355 g/mol. The molecular weight excluding hydrogens is 330 g/mol. The van der Waals surface area contributed by atoms with Gasteiger partial charge in [0.25, 0.3) is 5.91 Å². The summed E-state index contributed by atoms with van der Waals surface area (Å²) in [5, 5.41) is 2.73. The van der Waals surface area contributed by atoms with Crippen molar-refractivity contribution in [1.82, 2.24) is 0 Å². The topological polar surface area (TPSA) is 64.6 Å². The van der Waals surface area contributed by atoms with Crippen LogP contribution >= 0.6 is 0 Å². The zero-order chi connectivity index (χ0) is 18.8. The number of hydrogen-bond donors (Lipinski definition) is 1. The number of nitrogens with one attached hydrogen (secondary N) is 1. The number of hydrogen-bond acceptors (Lipinski definition) is 4. The third kappa shape index (κ3) is 6.24. The quantitative estimate of drug-likeness (QED) is 0.540. The molecule has 0 aliphatic heterocycles. The summed E-state index contributed by atoms with van der Waals surface area (Å²) in [6.45, 7) is 4.39. The predicted molar refractivity (Wildman–Crippen MR) is 102 cm³/mol. The number of amides is 1. The summed E-state index contributed by atoms with van der Waals surface area (Å²) in [6, 6.07) is 14.3. The van der Waals surface area contributed by atoms with Crippen molar-refractivity contribution >= 4 is 17.6 Å². The monoisotopic (exact) mass is 355 g/mol. The molecule has 0 aliphatic rings. The lowest BCUT2D eigenvalue weighted by Crippen LogP contribution is -2.20. The molecule has 2 aromatic rings. The molecule has 1 amide bonds. The minimum atomic E-state index is -0.387. The van der Waals surface area contributed by atoms with E-state index in [-0.39, 0.29) is 18.5 Å². The molecule has 0 atom stereocenters. The zero-order valence-corrected chi connectivity index (χ0v) is 15.3. The number of anilines is 1. The van der Waals surface area contributed by atoms with Crippen molar-refractivity contribution in [2.24, 2.45) is 0 Å². The fraction of sp³-hybridized carbons (Fsp3) is 0.333. The highest BCUT2D eigenvalue weighted by Gasteiger charge is 2.09. The van der Waals surface area contributed by atoms with Crippen molar-refractivity contribution in [3.63, 3.8) is 0 Å². The van der Waals surface area contributed by atoms with Crippen LogP contribution in [0.1, 0.15) is 42.6 Å². The number of aryl methyl sites for hydroxylation is 1. The molecule has 0 radical (unpaired) electrons. The van der Waals surface area contributed by atoms with Gasteiger partial charge in [-0.15, -0.1) is 0 Å². The summed E-state index contributed by atoms with van der Waals surface area (Å²) in [4.78, 5) is 24.0. The maximum Gasteiger partial charge on any atom is 0.338 e. The van der Waals surface area contributed by atoms with E-state index in [1.807, 2.05) is 31.2 Å². The first-order valence-electron chi connectivity index (χ1n) is 8.91. The molecule has 2 rings (SSSR count). The van der Waals surface area contributed by atoms with Crippen LogP contribution in [0.5, 0.6) is 5.75 Å². The van der Waals surface area contributed by atoms with Gasteiger partial charge in [-0.3, -0.25) is 4.79 Å². The number of benzene rings is 2. The molecule has 0 saturated carbocycles. The van der Waals surface area contributed by atoms with E-state index in [1.165, 1.54) is 0 Å². The van der Waals surface area contributed by atoms with E-state index in [0.29, 0.717) is 23.6 Å². The van der Waals surface area contributed by atoms with E-state index >= 15 is 0 Å². The van der Waals surface area contributed by atoms with Crippen LogP contribution in [0.2, 0.25) is 0 Å². The van der Waals surface area contributed by atoms with Crippen LogP contribution in [-0.2, 0) is 16.0 Å². The fourth-order valence-electron chi connectivity index (χ4n) is 2.32. The molecule has 0 aromatic heterocycles. The number of carbonyl (C=O) groups is 2. The first-order chi connectivity index (χ1) is 12.6. The largest absolute Gasteiger partial charge is 0.484 e. The van der Waals surface area contributed by atoms with Gasteiger partial charge in [0.15, 0.2) is 6.61 Å². The van der Waals surface area contributed by atoms with Crippen LogP contribution < -0.4 is 10.1 Å². The number of esters is 1. The number of ether oxygens (including phenoxy) is 2. The van der Waals surface area contributed by atoms with Crippen molar-refractivity contribution < 1.29 is 19.1 Å². The zero-order valence-electron chi connectivity index (χ0n) is 15.3. The van der Waals surface area contributed by atoms with Crippen LogP contribution in [0.3, 0.4) is 0 Å². The predicted octanol–water partition coefficient (Wildman–Crippen LogP) is 4.22. The Hall–Kier alpha value is -2.82. The molecule has 5 nitrogen and oxygen atoms in total. The lowest BCUT2D eigenvalue weighted by molar-refractivity contribution is -0.118. The minimum absolute atomic E-state index is 0.0989. The smallest absolute Gasteiger partial charge is 0.338 e. The summed E-state index contributed by atoms with van der Waals surface area (Å²) < 4.78 is 10.7. The first kappa shape index (κ1) is 19.5. The third-order valence-corrected chi connectivity index (χ3v) is 3.79. The van der Waals surface area contributed by atoms with Crippen molar-refractivity contribution in [1.29, 1.82) is 0 Å². The number of carbonyl (C=O) groups excluding carboxylic acids is 2. The normalized spacial score (nSPS) is 10.2. The van der Waals surface area contributed by atoms with E-state index in [1.54, 1.807) is 24.3 Å². The summed E-state index contributed by atoms with van der Waals surface area (Å²) in [7, 11) is 0. The second kappa shape index (κ2) is 10.2. The summed E-state index contributed by atoms with van der Waals surface area (Å²) in [6.07, 6.45) is 2.70. The summed E-state index contributed by atoms with van der Waals surface area (Å²) >= 11 is 0. The van der Waals surface area contributed by atoms with Crippen molar-refractivity contribution in [3.8, 4) is 5.75 Å². The number of unbranched alkanes of at least 4 members (excludes halogenated alkanes) is 1. The van der Waals surface area contributed by atoms with Gasteiger partial charge in [0.1, 0.15) is 5.75 Å². The lowest BCUT2D eigenvalue weighted by atomic mass is 10.2. The van der Waals surface area contributed by atoms with Crippen LogP contribution in [0, 0.1) is 0 Å². The van der Waals surface area contributed by atoms with E-state index in [4.69, 9.17) is 9.47 Å². The van der Waals surface area contributed by atoms with E-state index in [2.05, 4.69) is 12.2 Å². The Morgan fingerprint density at radius 1 is 1.04 bits per heavy atom.